The fraction of sp³-hybridized carbons (Fsp3) is 0.364. The molecule has 4 heteroatoms. The van der Waals surface area contributed by atoms with Gasteiger partial charge in [-0.1, -0.05) is 18.2 Å². The van der Waals surface area contributed by atoms with Gasteiger partial charge in [-0.05, 0) is 13.0 Å². The standard InChI is InChI=1S/C11H16N2O2/c1-3-15-10-7-5-4-6-9(10)8-13-11(14)12-2/h4-7H,3,8H2,1-2H3,(H2,12,13,14). The Kier molecular flexibility index (Phi) is 4.47. The molecule has 2 N–H and O–H groups in total. The van der Waals surface area contributed by atoms with Crippen molar-refractivity contribution in [3.8, 4) is 5.75 Å². The second-order valence-corrected chi connectivity index (χ2v) is 2.97. The smallest absolute Gasteiger partial charge is 0.314 e. The van der Waals surface area contributed by atoms with Crippen molar-refractivity contribution in [1.82, 2.24) is 10.6 Å². The van der Waals surface area contributed by atoms with Gasteiger partial charge in [-0.15, -0.1) is 0 Å². The van der Waals surface area contributed by atoms with Crippen LogP contribution in [-0.4, -0.2) is 19.7 Å². The average Bonchev–Trinajstić information content (AvgIpc) is 2.28. The number of carbonyl (C=O) groups excluding carboxylic acids is 1. The molecule has 82 valence electrons. The van der Waals surface area contributed by atoms with E-state index in [1.807, 2.05) is 31.2 Å². The van der Waals surface area contributed by atoms with E-state index in [0.717, 1.165) is 11.3 Å². The SMILES string of the molecule is CCOc1ccccc1CNC(=O)NC. The first-order chi connectivity index (χ1) is 7.27. The van der Waals surface area contributed by atoms with Gasteiger partial charge in [-0.3, -0.25) is 0 Å². The Hall–Kier alpha value is -1.71. The monoisotopic (exact) mass is 208 g/mol. The van der Waals surface area contributed by atoms with Gasteiger partial charge in [-0.2, -0.15) is 0 Å². The molecule has 15 heavy (non-hydrogen) atoms. The molecule has 0 aliphatic rings. The molecule has 0 bridgehead atoms. The maximum absolute atomic E-state index is 11.0. The summed E-state index contributed by atoms with van der Waals surface area (Å²) in [6, 6.07) is 7.46. The Morgan fingerprint density at radius 3 is 2.80 bits per heavy atom. The molecule has 0 spiro atoms. The Morgan fingerprint density at radius 2 is 2.13 bits per heavy atom. The molecule has 0 saturated heterocycles. The third-order valence-electron chi connectivity index (χ3n) is 1.94. The highest BCUT2D eigenvalue weighted by Crippen LogP contribution is 2.17. The Morgan fingerprint density at radius 1 is 1.40 bits per heavy atom. The van der Waals surface area contributed by atoms with E-state index >= 15 is 0 Å². The summed E-state index contributed by atoms with van der Waals surface area (Å²) in [6.45, 7) is 3.02. The van der Waals surface area contributed by atoms with Crippen molar-refractivity contribution < 1.29 is 9.53 Å². The van der Waals surface area contributed by atoms with E-state index in [9.17, 15) is 4.79 Å². The Balaban J connectivity index is 2.62. The van der Waals surface area contributed by atoms with Gasteiger partial charge in [0.1, 0.15) is 5.75 Å². The van der Waals surface area contributed by atoms with Gasteiger partial charge in [0.05, 0.1) is 6.61 Å². The van der Waals surface area contributed by atoms with Crippen LogP contribution in [0.3, 0.4) is 0 Å². The van der Waals surface area contributed by atoms with Crippen molar-refractivity contribution in [2.75, 3.05) is 13.7 Å². The van der Waals surface area contributed by atoms with Crippen LogP contribution in [0.1, 0.15) is 12.5 Å². The molecule has 2 amide bonds. The van der Waals surface area contributed by atoms with E-state index in [1.165, 1.54) is 0 Å². The van der Waals surface area contributed by atoms with E-state index < -0.39 is 0 Å². The number of ether oxygens (including phenoxy) is 1. The molecule has 0 aliphatic heterocycles. The maximum atomic E-state index is 11.0. The molecule has 0 aromatic heterocycles. The second-order valence-electron chi connectivity index (χ2n) is 2.97. The molecule has 0 atom stereocenters. The highest BCUT2D eigenvalue weighted by Gasteiger charge is 2.03. The fourth-order valence-electron chi connectivity index (χ4n) is 1.21. The van der Waals surface area contributed by atoms with E-state index in [4.69, 9.17) is 4.74 Å². The predicted molar refractivity (Wildman–Crippen MR) is 58.9 cm³/mol. The van der Waals surface area contributed by atoms with E-state index in [-0.39, 0.29) is 6.03 Å². The van der Waals surface area contributed by atoms with Gasteiger partial charge >= 0.3 is 6.03 Å². The van der Waals surface area contributed by atoms with Gasteiger partial charge in [0, 0.05) is 19.2 Å². The molecule has 4 nitrogen and oxygen atoms in total. The lowest BCUT2D eigenvalue weighted by molar-refractivity contribution is 0.242. The highest BCUT2D eigenvalue weighted by molar-refractivity contribution is 5.73. The van der Waals surface area contributed by atoms with Crippen molar-refractivity contribution in [3.63, 3.8) is 0 Å². The lowest BCUT2D eigenvalue weighted by Crippen LogP contribution is -2.32. The van der Waals surface area contributed by atoms with Crippen LogP contribution in [-0.2, 0) is 6.54 Å². The summed E-state index contributed by atoms with van der Waals surface area (Å²) in [4.78, 5) is 11.0. The molecule has 0 saturated carbocycles. The van der Waals surface area contributed by atoms with Crippen molar-refractivity contribution in [1.29, 1.82) is 0 Å². The number of amides is 2. The number of para-hydroxylation sites is 1. The molecule has 0 radical (unpaired) electrons. The van der Waals surface area contributed by atoms with Crippen LogP contribution in [0.15, 0.2) is 24.3 Å². The normalized spacial score (nSPS) is 9.47. The van der Waals surface area contributed by atoms with Crippen LogP contribution in [0.2, 0.25) is 0 Å². The molecule has 1 aromatic rings. The highest BCUT2D eigenvalue weighted by atomic mass is 16.5. The van der Waals surface area contributed by atoms with Crippen molar-refractivity contribution in [3.05, 3.63) is 29.8 Å². The lowest BCUT2D eigenvalue weighted by Gasteiger charge is -2.10. The van der Waals surface area contributed by atoms with E-state index in [1.54, 1.807) is 7.05 Å². The predicted octanol–water partition coefficient (Wildman–Crippen LogP) is 1.51. The number of nitrogens with one attached hydrogen (secondary N) is 2. The molecular formula is C11H16N2O2. The molecule has 0 aliphatic carbocycles. The van der Waals surface area contributed by atoms with Crippen LogP contribution >= 0.6 is 0 Å². The van der Waals surface area contributed by atoms with Crippen LogP contribution in [0.4, 0.5) is 4.79 Å². The fourth-order valence-corrected chi connectivity index (χ4v) is 1.21. The summed E-state index contributed by atoms with van der Waals surface area (Å²) in [7, 11) is 1.59. The third-order valence-corrected chi connectivity index (χ3v) is 1.94. The number of hydrogen-bond acceptors (Lipinski definition) is 2. The number of urea groups is 1. The molecule has 0 heterocycles. The number of hydrogen-bond donors (Lipinski definition) is 2. The summed E-state index contributed by atoms with van der Waals surface area (Å²) in [6.07, 6.45) is 0. The summed E-state index contributed by atoms with van der Waals surface area (Å²) in [5.74, 6) is 0.816. The molecule has 0 fully saturated rings. The third kappa shape index (κ3) is 3.50. The Bertz CT molecular complexity index is 326. The first-order valence-corrected chi connectivity index (χ1v) is 4.94. The Labute approximate surface area is 89.6 Å². The summed E-state index contributed by atoms with van der Waals surface area (Å²) in [5.41, 5.74) is 0.975. The summed E-state index contributed by atoms with van der Waals surface area (Å²) in [5, 5.41) is 5.21. The van der Waals surface area contributed by atoms with Crippen molar-refractivity contribution >= 4 is 6.03 Å². The van der Waals surface area contributed by atoms with E-state index in [0.29, 0.717) is 13.2 Å². The molecular weight excluding hydrogens is 192 g/mol. The minimum atomic E-state index is -0.193. The van der Waals surface area contributed by atoms with Crippen molar-refractivity contribution in [2.45, 2.75) is 13.5 Å². The number of carbonyl (C=O) groups is 1. The summed E-state index contributed by atoms with van der Waals surface area (Å²) >= 11 is 0. The zero-order chi connectivity index (χ0) is 11.1. The maximum Gasteiger partial charge on any atom is 0.314 e. The van der Waals surface area contributed by atoms with Crippen LogP contribution in [0.25, 0.3) is 0 Å². The zero-order valence-electron chi connectivity index (χ0n) is 9.04. The van der Waals surface area contributed by atoms with Gasteiger partial charge in [0.2, 0.25) is 0 Å². The topological polar surface area (TPSA) is 50.4 Å². The quantitative estimate of drug-likeness (QED) is 0.788. The molecule has 0 unspecified atom stereocenters. The van der Waals surface area contributed by atoms with Gasteiger partial charge in [-0.25, -0.2) is 4.79 Å². The van der Waals surface area contributed by atoms with Crippen LogP contribution in [0.5, 0.6) is 5.75 Å². The minimum absolute atomic E-state index is 0.193. The average molecular weight is 208 g/mol. The zero-order valence-corrected chi connectivity index (χ0v) is 9.04. The minimum Gasteiger partial charge on any atom is -0.494 e. The van der Waals surface area contributed by atoms with Gasteiger partial charge < -0.3 is 15.4 Å². The van der Waals surface area contributed by atoms with Crippen LogP contribution < -0.4 is 15.4 Å². The summed E-state index contributed by atoms with van der Waals surface area (Å²) < 4.78 is 5.43. The number of rotatable bonds is 4. The van der Waals surface area contributed by atoms with E-state index in [2.05, 4.69) is 10.6 Å². The lowest BCUT2D eigenvalue weighted by atomic mass is 10.2. The van der Waals surface area contributed by atoms with Crippen LogP contribution in [0, 0.1) is 0 Å². The van der Waals surface area contributed by atoms with Crippen molar-refractivity contribution in [2.24, 2.45) is 0 Å². The molecule has 1 rings (SSSR count). The first-order valence-electron chi connectivity index (χ1n) is 4.94. The van der Waals surface area contributed by atoms with Gasteiger partial charge in [0.15, 0.2) is 0 Å². The number of benzene rings is 1. The first kappa shape index (κ1) is 11.4. The second kappa shape index (κ2) is 5.90. The largest absolute Gasteiger partial charge is 0.494 e. The van der Waals surface area contributed by atoms with Gasteiger partial charge in [0.25, 0.3) is 0 Å². The molecule has 1 aromatic carbocycles.